The predicted octanol–water partition coefficient (Wildman–Crippen LogP) is -1.61. The first-order valence-electron chi connectivity index (χ1n) is 10.6. The van der Waals surface area contributed by atoms with Crippen LogP contribution in [0, 0.1) is 13.8 Å². The van der Waals surface area contributed by atoms with Gasteiger partial charge in [-0.1, -0.05) is 59.5 Å². The Morgan fingerprint density at radius 3 is 1.63 bits per heavy atom. The fraction of sp³-hybridized carbons (Fsp3) is 0.0769. The molecule has 38 heavy (non-hydrogen) atoms. The molecule has 3 aromatic carbocycles. The Morgan fingerprint density at radius 1 is 0.684 bits per heavy atom. The van der Waals surface area contributed by atoms with Crippen molar-refractivity contribution in [3.05, 3.63) is 84.2 Å². The molecule has 8 nitrogen and oxygen atoms in total. The zero-order valence-electron chi connectivity index (χ0n) is 21.3. The third-order valence-corrected chi connectivity index (χ3v) is 7.43. The molecule has 184 valence electrons. The van der Waals surface area contributed by atoms with Gasteiger partial charge in [0.15, 0.2) is 0 Å². The van der Waals surface area contributed by atoms with Crippen LogP contribution in [0.15, 0.2) is 82.6 Å². The van der Waals surface area contributed by atoms with Crippen molar-refractivity contribution in [3.63, 3.8) is 0 Å². The van der Waals surface area contributed by atoms with Crippen molar-refractivity contribution in [2.45, 2.75) is 23.6 Å². The number of nitrogens with zero attached hydrogens (tertiary/aromatic N) is 2. The molecule has 0 bridgehead atoms. The van der Waals surface area contributed by atoms with Crippen molar-refractivity contribution in [1.82, 2.24) is 9.97 Å². The molecule has 12 heteroatoms. The minimum atomic E-state index is -4.71. The molecule has 0 aliphatic heterocycles. The molecule has 2 heterocycles. The maximum atomic E-state index is 12.0. The molecule has 0 amide bonds. The maximum Gasteiger partial charge on any atom is 1.00 e. The number of pyridine rings is 2. The zero-order valence-corrected chi connectivity index (χ0v) is 26.9. The molecule has 0 aliphatic carbocycles. The van der Waals surface area contributed by atoms with Crippen LogP contribution in [-0.2, 0) is 34.7 Å². The quantitative estimate of drug-likeness (QED) is 0.0834. The van der Waals surface area contributed by atoms with Crippen molar-refractivity contribution < 1.29 is 86.0 Å². The minimum absolute atomic E-state index is 0. The van der Waals surface area contributed by atoms with E-state index >= 15 is 0 Å². The van der Waals surface area contributed by atoms with E-state index in [0.29, 0.717) is 49.9 Å². The number of fused-ring (bicyclic) bond motifs is 3. The second-order valence-electron chi connectivity index (χ2n) is 8.16. The molecule has 0 aliphatic rings. The van der Waals surface area contributed by atoms with E-state index in [1.807, 2.05) is 19.1 Å². The molecular weight excluding hydrogens is 546 g/mol. The number of hydrogen-bond donors (Lipinski definition) is 0. The molecule has 0 fully saturated rings. The first-order chi connectivity index (χ1) is 16.6. The number of rotatable bonds is 4. The van der Waals surface area contributed by atoms with E-state index in [4.69, 9.17) is 9.97 Å². The second kappa shape index (κ2) is 12.6. The summed E-state index contributed by atoms with van der Waals surface area (Å²) in [5.74, 6) is 0. The average molecular weight is 568 g/mol. The van der Waals surface area contributed by atoms with Crippen molar-refractivity contribution >= 4 is 42.6 Å². The molecule has 5 rings (SSSR count). The fourth-order valence-corrected chi connectivity index (χ4v) is 5.66. The summed E-state index contributed by atoms with van der Waals surface area (Å²) in [4.78, 5) is 9.28. The number of aryl methyl sites for hydroxylation is 2. The predicted molar refractivity (Wildman–Crippen MR) is 137 cm³/mol. The molecule has 0 saturated heterocycles. The summed E-state index contributed by atoms with van der Waals surface area (Å²) in [6.07, 6.45) is 0. The Morgan fingerprint density at radius 2 is 1.13 bits per heavy atom. The second-order valence-corrected chi connectivity index (χ2v) is 10.4. The smallest absolute Gasteiger partial charge is 0.744 e. The number of aromatic nitrogens is 2. The maximum absolute atomic E-state index is 12.0. The summed E-state index contributed by atoms with van der Waals surface area (Å²) < 4.78 is 59.6. The Balaban J connectivity index is 0.00000169. The molecule has 0 radical (unpaired) electrons. The summed E-state index contributed by atoms with van der Waals surface area (Å²) >= 11 is 0. The average Bonchev–Trinajstić information content (AvgIpc) is 2.82. The van der Waals surface area contributed by atoms with Gasteiger partial charge >= 0.3 is 59.1 Å². The van der Waals surface area contributed by atoms with Crippen LogP contribution in [0.5, 0.6) is 0 Å². The number of benzene rings is 3. The van der Waals surface area contributed by atoms with E-state index in [1.165, 1.54) is 12.1 Å². The molecule has 0 unspecified atom stereocenters. The van der Waals surface area contributed by atoms with Gasteiger partial charge in [0, 0.05) is 22.2 Å². The van der Waals surface area contributed by atoms with E-state index in [2.05, 4.69) is 0 Å². The first kappa shape index (κ1) is 32.5. The van der Waals surface area contributed by atoms with E-state index in [-0.39, 0.29) is 79.9 Å². The summed E-state index contributed by atoms with van der Waals surface area (Å²) in [6, 6.07) is 20.0. The Bertz CT molecular complexity index is 1850. The van der Waals surface area contributed by atoms with Gasteiger partial charge in [0.1, 0.15) is 10.1 Å². The van der Waals surface area contributed by atoms with E-state index in [0.717, 1.165) is 0 Å². The van der Waals surface area contributed by atoms with Crippen LogP contribution >= 0.6 is 0 Å². The zero-order chi connectivity index (χ0) is 24.9. The van der Waals surface area contributed by atoms with Crippen LogP contribution < -0.4 is 59.1 Å². The van der Waals surface area contributed by atoms with Gasteiger partial charge in [-0.2, -0.15) is 0 Å². The molecule has 0 saturated carbocycles. The SMILES string of the molecule is Cc1cc(-c2ccccc2[S-](=O)=O)c2ccc3c(-c4ccccc4S(=O)(=O)[O-])cc(C)nc3c2n1.[Na+].[Na+].[OH3+]. The van der Waals surface area contributed by atoms with Crippen molar-refractivity contribution in [3.8, 4) is 22.3 Å². The summed E-state index contributed by atoms with van der Waals surface area (Å²) in [7, 11) is -7.15. The standard InChI is InChI=1S/C26H19N2O5S2.2Na.H2O/c1-15-13-21(17-7-3-5-9-23(17)34(29)30)19-11-12-20-22(14-16(2)28-26(20)25(19)27-15)18-8-4-6-10-24(18)35(31,32)33;;;/h3-14H,1-2H3,(H,31,32,33);;;1H2/q-1;2*+1;. The van der Waals surface area contributed by atoms with Gasteiger partial charge in [-0.15, -0.1) is 0 Å². The van der Waals surface area contributed by atoms with E-state index in [9.17, 15) is 21.4 Å². The molecule has 0 spiro atoms. The van der Waals surface area contributed by atoms with Gasteiger partial charge in [-0.25, -0.2) is 8.42 Å². The largest absolute Gasteiger partial charge is 1.00 e. The van der Waals surface area contributed by atoms with Crippen LogP contribution in [0.2, 0.25) is 0 Å². The fourth-order valence-electron chi connectivity index (χ4n) is 4.42. The topological polar surface area (TPSA) is 150 Å². The minimum Gasteiger partial charge on any atom is -0.744 e. The van der Waals surface area contributed by atoms with Gasteiger partial charge < -0.3 is 18.4 Å². The Kier molecular flexibility index (Phi) is 10.8. The first-order valence-corrected chi connectivity index (χ1v) is 13.1. The third kappa shape index (κ3) is 6.05. The van der Waals surface area contributed by atoms with Crippen molar-refractivity contribution in [1.29, 1.82) is 0 Å². The van der Waals surface area contributed by atoms with Crippen LogP contribution in [0.1, 0.15) is 11.4 Å². The molecule has 2 aromatic heterocycles. The van der Waals surface area contributed by atoms with Crippen LogP contribution in [0.3, 0.4) is 0 Å². The molecule has 0 atom stereocenters. The van der Waals surface area contributed by atoms with Crippen molar-refractivity contribution in [2.75, 3.05) is 0 Å². The Hall–Kier alpha value is -1.70. The summed E-state index contributed by atoms with van der Waals surface area (Å²) in [6.45, 7) is 3.59. The number of hydrogen-bond acceptors (Lipinski definition) is 8. The molecule has 5 aromatic rings. The van der Waals surface area contributed by atoms with Crippen LogP contribution in [0.4, 0.5) is 0 Å². The molecule has 3 N–H and O–H groups in total. The van der Waals surface area contributed by atoms with E-state index in [1.54, 1.807) is 55.5 Å². The normalized spacial score (nSPS) is 11.1. The monoisotopic (exact) mass is 567 g/mol. The van der Waals surface area contributed by atoms with Crippen molar-refractivity contribution in [2.24, 2.45) is 0 Å². The van der Waals surface area contributed by atoms with Crippen LogP contribution in [-0.4, -0.2) is 22.9 Å². The third-order valence-electron chi connectivity index (χ3n) is 5.82. The van der Waals surface area contributed by atoms with Gasteiger partial charge in [0.05, 0.1) is 15.9 Å². The van der Waals surface area contributed by atoms with Gasteiger partial charge in [0.2, 0.25) is 0 Å². The molecular formula is C26H21N2Na2O6S2+. The summed E-state index contributed by atoms with van der Waals surface area (Å²) in [5, 5.41) is 1.33. The van der Waals surface area contributed by atoms with Gasteiger partial charge in [0.25, 0.3) is 0 Å². The van der Waals surface area contributed by atoms with E-state index < -0.39 is 20.8 Å². The Labute approximate surface area is 266 Å². The summed E-state index contributed by atoms with van der Waals surface area (Å²) in [5.41, 5.74) is 4.45. The van der Waals surface area contributed by atoms with Crippen LogP contribution in [0.25, 0.3) is 44.1 Å². The van der Waals surface area contributed by atoms with Gasteiger partial charge in [-0.05, 0) is 65.0 Å². The van der Waals surface area contributed by atoms with Gasteiger partial charge in [-0.3, -0.25) is 9.97 Å².